The average Bonchev–Trinajstić information content (AvgIpc) is 3.20. The van der Waals surface area contributed by atoms with Crippen molar-refractivity contribution in [1.82, 2.24) is 5.32 Å². The first-order valence-electron chi connectivity index (χ1n) is 10.2. The van der Waals surface area contributed by atoms with Gasteiger partial charge in [0, 0.05) is 22.3 Å². The number of fused-ring (bicyclic) bond motifs is 2. The number of hydrogen-bond donors (Lipinski definition) is 3. The molecule has 0 radical (unpaired) electrons. The Kier molecular flexibility index (Phi) is 5.47. The fourth-order valence-electron chi connectivity index (χ4n) is 4.74. The van der Waals surface area contributed by atoms with Crippen LogP contribution in [0.3, 0.4) is 0 Å². The molecule has 0 aromatic heterocycles. The smallest absolute Gasteiger partial charge is 0.250 e. The van der Waals surface area contributed by atoms with Crippen LogP contribution in [0, 0.1) is 11.8 Å². The minimum Gasteiger partial charge on any atom is -0.495 e. The molecule has 3 N–H and O–H groups in total. The Morgan fingerprint density at radius 3 is 2.80 bits per heavy atom. The number of anilines is 2. The number of methoxy groups -OCH3 is 1. The summed E-state index contributed by atoms with van der Waals surface area (Å²) in [5, 5.41) is 9.93. The predicted octanol–water partition coefficient (Wildman–Crippen LogP) is 4.16. The number of rotatable bonds is 5. The first-order chi connectivity index (χ1) is 14.3. The van der Waals surface area contributed by atoms with Crippen LogP contribution in [-0.4, -0.2) is 25.0 Å². The van der Waals surface area contributed by atoms with Crippen LogP contribution in [0.5, 0.6) is 5.75 Å². The molecule has 0 unspecified atom stereocenters. The van der Waals surface area contributed by atoms with Gasteiger partial charge in [0.2, 0.25) is 11.8 Å². The third-order valence-corrected chi connectivity index (χ3v) is 6.16. The van der Waals surface area contributed by atoms with E-state index in [0.717, 1.165) is 17.7 Å². The van der Waals surface area contributed by atoms with Crippen LogP contribution in [0.25, 0.3) is 0 Å². The van der Waals surface area contributed by atoms with Gasteiger partial charge in [0.1, 0.15) is 11.3 Å². The molecule has 0 bridgehead atoms. The summed E-state index contributed by atoms with van der Waals surface area (Å²) in [4.78, 5) is 26.7. The maximum atomic E-state index is 13.5. The molecule has 2 heterocycles. The highest BCUT2D eigenvalue weighted by Gasteiger charge is 2.60. The van der Waals surface area contributed by atoms with Crippen molar-refractivity contribution in [3.8, 4) is 5.75 Å². The zero-order valence-electron chi connectivity index (χ0n) is 17.3. The molecule has 6 nitrogen and oxygen atoms in total. The molecule has 1 saturated heterocycles. The van der Waals surface area contributed by atoms with E-state index in [2.05, 4.69) is 29.8 Å². The molecule has 30 heavy (non-hydrogen) atoms. The Morgan fingerprint density at radius 2 is 2.07 bits per heavy atom. The first-order valence-corrected chi connectivity index (χ1v) is 10.6. The number of nitrogens with one attached hydrogen (secondary N) is 3. The Bertz CT molecular complexity index is 993. The van der Waals surface area contributed by atoms with Gasteiger partial charge in [-0.05, 0) is 43.0 Å². The van der Waals surface area contributed by atoms with E-state index >= 15 is 0 Å². The molecule has 7 heteroatoms. The molecule has 2 aromatic rings. The van der Waals surface area contributed by atoms with Gasteiger partial charge in [-0.1, -0.05) is 43.6 Å². The van der Waals surface area contributed by atoms with Crippen molar-refractivity contribution in [2.75, 3.05) is 17.7 Å². The molecule has 158 valence electrons. The van der Waals surface area contributed by atoms with Crippen LogP contribution < -0.4 is 20.7 Å². The van der Waals surface area contributed by atoms with E-state index in [0.29, 0.717) is 28.8 Å². The third-order valence-electron chi connectivity index (χ3n) is 5.92. The molecule has 2 aromatic carbocycles. The second-order valence-corrected chi connectivity index (χ2v) is 8.84. The van der Waals surface area contributed by atoms with Crippen LogP contribution in [0.15, 0.2) is 42.5 Å². The molecule has 1 spiro atoms. The fourth-order valence-corrected chi connectivity index (χ4v) is 4.91. The van der Waals surface area contributed by atoms with Crippen molar-refractivity contribution >= 4 is 34.8 Å². The molecule has 2 amide bonds. The predicted molar refractivity (Wildman–Crippen MR) is 118 cm³/mol. The zero-order chi connectivity index (χ0) is 21.5. The van der Waals surface area contributed by atoms with E-state index in [1.54, 1.807) is 18.2 Å². The number of ether oxygens (including phenoxy) is 1. The summed E-state index contributed by atoms with van der Waals surface area (Å²) in [6.07, 6.45) is 1.44. The average molecular weight is 428 g/mol. The Balaban J connectivity index is 1.72. The van der Waals surface area contributed by atoms with Crippen LogP contribution in [0.4, 0.5) is 11.4 Å². The number of carbonyl (C=O) groups excluding carboxylic acids is 2. The number of halogens is 1. The summed E-state index contributed by atoms with van der Waals surface area (Å²) in [5.74, 6) is -0.0419. The lowest BCUT2D eigenvalue weighted by Gasteiger charge is -2.29. The van der Waals surface area contributed by atoms with Crippen molar-refractivity contribution in [3.05, 3.63) is 53.1 Å². The lowest BCUT2D eigenvalue weighted by molar-refractivity contribution is -0.130. The third kappa shape index (κ3) is 3.44. The highest BCUT2D eigenvalue weighted by Crippen LogP contribution is 2.48. The molecule has 4 rings (SSSR count). The van der Waals surface area contributed by atoms with Crippen LogP contribution in [0.1, 0.15) is 32.3 Å². The number of amides is 2. The van der Waals surface area contributed by atoms with Gasteiger partial charge >= 0.3 is 0 Å². The quantitative estimate of drug-likeness (QED) is 0.669. The van der Waals surface area contributed by atoms with Gasteiger partial charge in [-0.25, -0.2) is 0 Å². The topological polar surface area (TPSA) is 79.5 Å². The second-order valence-electron chi connectivity index (χ2n) is 8.40. The van der Waals surface area contributed by atoms with Gasteiger partial charge in [0.15, 0.2) is 0 Å². The summed E-state index contributed by atoms with van der Waals surface area (Å²) >= 11 is 6.12. The first kappa shape index (κ1) is 20.7. The van der Waals surface area contributed by atoms with Crippen LogP contribution in [-0.2, 0) is 15.1 Å². The minimum atomic E-state index is -1.09. The van der Waals surface area contributed by atoms with E-state index in [4.69, 9.17) is 16.3 Å². The molecule has 0 aliphatic carbocycles. The highest BCUT2D eigenvalue weighted by molar-refractivity contribution is 6.31. The van der Waals surface area contributed by atoms with Crippen molar-refractivity contribution in [2.24, 2.45) is 11.8 Å². The zero-order valence-corrected chi connectivity index (χ0v) is 18.0. The molecule has 1 fully saturated rings. The molecular weight excluding hydrogens is 402 g/mol. The maximum absolute atomic E-state index is 13.5. The van der Waals surface area contributed by atoms with E-state index in [-0.39, 0.29) is 17.9 Å². The van der Waals surface area contributed by atoms with Crippen molar-refractivity contribution in [3.63, 3.8) is 0 Å². The number of carbonyl (C=O) groups is 2. The Hall–Kier alpha value is -2.57. The lowest BCUT2D eigenvalue weighted by atomic mass is 9.79. The summed E-state index contributed by atoms with van der Waals surface area (Å²) in [6.45, 7) is 4.28. The summed E-state index contributed by atoms with van der Waals surface area (Å²) in [6, 6.07) is 12.7. The number of hydrogen-bond acceptors (Lipinski definition) is 4. The van der Waals surface area contributed by atoms with Gasteiger partial charge in [-0.2, -0.15) is 0 Å². The molecule has 0 saturated carbocycles. The summed E-state index contributed by atoms with van der Waals surface area (Å²) < 4.78 is 5.36. The normalized spacial score (nSPS) is 24.8. The van der Waals surface area contributed by atoms with E-state index in [1.165, 1.54) is 7.11 Å². The highest BCUT2D eigenvalue weighted by atomic mass is 35.5. The standard InChI is InChI=1S/C23H26ClN3O3/c1-13(2)10-15-12-17(21(28)25-19-11-14(24)8-9-20(19)30-3)23(27-15)16-6-4-5-7-18(16)26-22(23)29/h4-9,11,13,15,17,27H,10,12H2,1-3H3,(H,25,28)(H,26,29)/t15-,17+,23+/m0/s1. The van der Waals surface area contributed by atoms with Gasteiger partial charge < -0.3 is 15.4 Å². The summed E-state index contributed by atoms with van der Waals surface area (Å²) in [7, 11) is 1.54. The molecule has 3 atom stereocenters. The van der Waals surface area contributed by atoms with E-state index in [9.17, 15) is 9.59 Å². The SMILES string of the molecule is COc1ccc(Cl)cc1NC(=O)[C@H]1C[C@H](CC(C)C)N[C@@]12C(=O)Nc1ccccc12. The van der Waals surface area contributed by atoms with Crippen molar-refractivity contribution < 1.29 is 14.3 Å². The van der Waals surface area contributed by atoms with E-state index in [1.807, 2.05) is 24.3 Å². The van der Waals surface area contributed by atoms with Gasteiger partial charge in [-0.15, -0.1) is 0 Å². The number of benzene rings is 2. The van der Waals surface area contributed by atoms with Crippen LogP contribution >= 0.6 is 11.6 Å². The summed E-state index contributed by atoms with van der Waals surface area (Å²) in [5.41, 5.74) is 0.966. The van der Waals surface area contributed by atoms with Gasteiger partial charge in [0.25, 0.3) is 0 Å². The van der Waals surface area contributed by atoms with Crippen molar-refractivity contribution in [1.29, 1.82) is 0 Å². The van der Waals surface area contributed by atoms with Crippen LogP contribution in [0.2, 0.25) is 5.02 Å². The Morgan fingerprint density at radius 1 is 1.30 bits per heavy atom. The lowest BCUT2D eigenvalue weighted by Crippen LogP contribution is -2.52. The Labute approximate surface area is 181 Å². The van der Waals surface area contributed by atoms with Crippen molar-refractivity contribution in [2.45, 2.75) is 38.3 Å². The second kappa shape index (κ2) is 7.93. The molecule has 2 aliphatic heterocycles. The van der Waals surface area contributed by atoms with E-state index < -0.39 is 11.5 Å². The van der Waals surface area contributed by atoms with Gasteiger partial charge in [-0.3, -0.25) is 14.9 Å². The monoisotopic (exact) mass is 427 g/mol. The molecular formula is C23H26ClN3O3. The minimum absolute atomic E-state index is 0.0545. The maximum Gasteiger partial charge on any atom is 0.250 e. The number of para-hydroxylation sites is 1. The van der Waals surface area contributed by atoms with Gasteiger partial charge in [0.05, 0.1) is 18.7 Å². The molecule has 2 aliphatic rings. The largest absolute Gasteiger partial charge is 0.495 e. The fraction of sp³-hybridized carbons (Fsp3) is 0.391.